The van der Waals surface area contributed by atoms with Crippen molar-refractivity contribution in [2.45, 2.75) is 13.0 Å². The summed E-state index contributed by atoms with van der Waals surface area (Å²) in [6.45, 7) is 1.04. The van der Waals surface area contributed by atoms with Gasteiger partial charge in [-0.05, 0) is 30.7 Å². The molecule has 0 aliphatic heterocycles. The van der Waals surface area contributed by atoms with Crippen LogP contribution in [-0.2, 0) is 14.3 Å². The van der Waals surface area contributed by atoms with Gasteiger partial charge in [-0.15, -0.1) is 0 Å². The number of rotatable bonds is 7. The summed E-state index contributed by atoms with van der Waals surface area (Å²) >= 11 is 0. The number of hydrogen-bond donors (Lipinski definition) is 2. The van der Waals surface area contributed by atoms with Crippen molar-refractivity contribution in [3.8, 4) is 16.9 Å². The van der Waals surface area contributed by atoms with Crippen LogP contribution in [0.2, 0.25) is 0 Å². The fourth-order valence-electron chi connectivity index (χ4n) is 2.75. The van der Waals surface area contributed by atoms with Crippen LogP contribution >= 0.6 is 0 Å². The Labute approximate surface area is 180 Å². The van der Waals surface area contributed by atoms with Crippen LogP contribution in [0.1, 0.15) is 17.3 Å². The van der Waals surface area contributed by atoms with Crippen LogP contribution in [0.5, 0.6) is 5.75 Å². The molecule has 3 aromatic rings. The normalized spacial score (nSPS) is 11.1. The highest BCUT2D eigenvalue weighted by atomic mass is 16.6. The molecule has 0 fully saturated rings. The molecule has 158 valence electrons. The molecular formula is C24H22N2O5. The Morgan fingerprint density at radius 3 is 2.13 bits per heavy atom. The molecule has 2 N–H and O–H groups in total. The van der Waals surface area contributed by atoms with Crippen molar-refractivity contribution >= 4 is 17.8 Å². The summed E-state index contributed by atoms with van der Waals surface area (Å²) in [6.07, 6.45) is -1.11. The van der Waals surface area contributed by atoms with Gasteiger partial charge < -0.3 is 9.47 Å². The van der Waals surface area contributed by atoms with Crippen LogP contribution in [-0.4, -0.2) is 30.5 Å². The third-order valence-electron chi connectivity index (χ3n) is 4.33. The fourth-order valence-corrected chi connectivity index (χ4v) is 2.75. The monoisotopic (exact) mass is 418 g/mol. The first-order chi connectivity index (χ1) is 15.0. The van der Waals surface area contributed by atoms with Gasteiger partial charge in [-0.1, -0.05) is 66.7 Å². The van der Waals surface area contributed by atoms with Crippen molar-refractivity contribution in [2.24, 2.45) is 0 Å². The van der Waals surface area contributed by atoms with E-state index in [9.17, 15) is 14.4 Å². The first-order valence-electron chi connectivity index (χ1n) is 9.66. The Bertz CT molecular complexity index is 1040. The Hall–Kier alpha value is -4.13. The number of hydrazine groups is 1. The fraction of sp³-hybridized carbons (Fsp3) is 0.125. The zero-order chi connectivity index (χ0) is 22.1. The lowest BCUT2D eigenvalue weighted by Crippen LogP contribution is -2.47. The molecule has 0 heterocycles. The van der Waals surface area contributed by atoms with E-state index in [1.807, 2.05) is 42.5 Å². The summed E-state index contributed by atoms with van der Waals surface area (Å²) in [5, 5.41) is 0. The topological polar surface area (TPSA) is 93.7 Å². The van der Waals surface area contributed by atoms with E-state index in [2.05, 4.69) is 10.9 Å². The maximum atomic E-state index is 12.1. The SMILES string of the molecule is C[C@H](OC(=O)COc1ccccc1-c1ccccc1)C(=O)NNC(=O)c1ccccc1. The number of esters is 1. The predicted octanol–water partition coefficient (Wildman–Crippen LogP) is 3.13. The van der Waals surface area contributed by atoms with E-state index in [1.54, 1.807) is 42.5 Å². The predicted molar refractivity (Wildman–Crippen MR) is 115 cm³/mol. The van der Waals surface area contributed by atoms with Gasteiger partial charge in [0, 0.05) is 11.1 Å². The maximum Gasteiger partial charge on any atom is 0.344 e. The van der Waals surface area contributed by atoms with Crippen molar-refractivity contribution in [3.63, 3.8) is 0 Å². The van der Waals surface area contributed by atoms with Crippen LogP contribution in [0.3, 0.4) is 0 Å². The van der Waals surface area contributed by atoms with E-state index in [4.69, 9.17) is 9.47 Å². The second-order valence-electron chi connectivity index (χ2n) is 6.59. The van der Waals surface area contributed by atoms with Gasteiger partial charge in [0.15, 0.2) is 12.7 Å². The molecule has 7 nitrogen and oxygen atoms in total. The molecule has 7 heteroatoms. The quantitative estimate of drug-likeness (QED) is 0.454. The Morgan fingerprint density at radius 1 is 0.806 bits per heavy atom. The number of carbonyl (C=O) groups is 3. The molecule has 3 aromatic carbocycles. The molecule has 1 atom stereocenters. The van der Waals surface area contributed by atoms with Gasteiger partial charge in [-0.2, -0.15) is 0 Å². The van der Waals surface area contributed by atoms with Crippen LogP contribution < -0.4 is 15.6 Å². The van der Waals surface area contributed by atoms with E-state index in [0.717, 1.165) is 11.1 Å². The minimum Gasteiger partial charge on any atom is -0.481 e. The van der Waals surface area contributed by atoms with Crippen molar-refractivity contribution in [1.29, 1.82) is 0 Å². The summed E-state index contributed by atoms with van der Waals surface area (Å²) in [7, 11) is 0. The lowest BCUT2D eigenvalue weighted by molar-refractivity contribution is -0.156. The van der Waals surface area contributed by atoms with Crippen LogP contribution in [0.15, 0.2) is 84.9 Å². The van der Waals surface area contributed by atoms with Gasteiger partial charge in [0.1, 0.15) is 5.75 Å². The molecule has 31 heavy (non-hydrogen) atoms. The molecule has 0 aliphatic rings. The summed E-state index contributed by atoms with van der Waals surface area (Å²) < 4.78 is 10.7. The third-order valence-corrected chi connectivity index (χ3v) is 4.33. The number of hydrogen-bond acceptors (Lipinski definition) is 5. The number of para-hydroxylation sites is 1. The minimum absolute atomic E-state index is 0.363. The number of ether oxygens (including phenoxy) is 2. The van der Waals surface area contributed by atoms with Gasteiger partial charge in [0.05, 0.1) is 0 Å². The summed E-state index contributed by atoms with van der Waals surface area (Å²) in [6, 6.07) is 25.4. The van der Waals surface area contributed by atoms with Gasteiger partial charge in [0.2, 0.25) is 0 Å². The molecule has 2 amide bonds. The van der Waals surface area contributed by atoms with Crippen LogP contribution in [0, 0.1) is 0 Å². The zero-order valence-electron chi connectivity index (χ0n) is 16.9. The van der Waals surface area contributed by atoms with Gasteiger partial charge in [-0.25, -0.2) is 4.79 Å². The van der Waals surface area contributed by atoms with E-state index in [0.29, 0.717) is 11.3 Å². The highest BCUT2D eigenvalue weighted by molar-refractivity contribution is 5.95. The number of carbonyl (C=O) groups excluding carboxylic acids is 3. The molecule has 0 saturated carbocycles. The second kappa shape index (κ2) is 10.6. The molecule has 0 bridgehead atoms. The van der Waals surface area contributed by atoms with Gasteiger partial charge in [0.25, 0.3) is 11.8 Å². The van der Waals surface area contributed by atoms with E-state index in [-0.39, 0.29) is 6.61 Å². The van der Waals surface area contributed by atoms with Crippen molar-refractivity contribution in [3.05, 3.63) is 90.5 Å². The van der Waals surface area contributed by atoms with Crippen LogP contribution in [0.4, 0.5) is 0 Å². The Balaban J connectivity index is 1.49. The Morgan fingerprint density at radius 2 is 1.42 bits per heavy atom. The lowest BCUT2D eigenvalue weighted by atomic mass is 10.1. The summed E-state index contributed by atoms with van der Waals surface area (Å²) in [5.74, 6) is -1.33. The molecule has 0 saturated heterocycles. The van der Waals surface area contributed by atoms with Crippen molar-refractivity contribution < 1.29 is 23.9 Å². The molecule has 0 spiro atoms. The standard InChI is InChI=1S/C24H22N2O5/c1-17(23(28)25-26-24(29)19-12-6-3-7-13-19)31-22(27)16-30-21-15-9-8-14-20(21)18-10-4-2-5-11-18/h2-15,17H,16H2,1H3,(H,25,28)(H,26,29)/t17-/m0/s1. The number of nitrogens with one attached hydrogen (secondary N) is 2. The molecule has 0 aliphatic carbocycles. The van der Waals surface area contributed by atoms with Gasteiger partial charge >= 0.3 is 5.97 Å². The number of amides is 2. The van der Waals surface area contributed by atoms with E-state index >= 15 is 0 Å². The summed E-state index contributed by atoms with van der Waals surface area (Å²) in [4.78, 5) is 36.2. The first-order valence-corrected chi connectivity index (χ1v) is 9.66. The third kappa shape index (κ3) is 6.17. The summed E-state index contributed by atoms with van der Waals surface area (Å²) in [5.41, 5.74) is 6.69. The number of benzene rings is 3. The molecule has 0 radical (unpaired) electrons. The van der Waals surface area contributed by atoms with E-state index in [1.165, 1.54) is 6.92 Å². The molecule has 0 aromatic heterocycles. The van der Waals surface area contributed by atoms with Crippen molar-refractivity contribution in [1.82, 2.24) is 10.9 Å². The largest absolute Gasteiger partial charge is 0.481 e. The average molecular weight is 418 g/mol. The smallest absolute Gasteiger partial charge is 0.344 e. The first kappa shape index (κ1) is 21.6. The maximum absolute atomic E-state index is 12.1. The molecule has 3 rings (SSSR count). The average Bonchev–Trinajstić information content (AvgIpc) is 2.82. The second-order valence-corrected chi connectivity index (χ2v) is 6.59. The van der Waals surface area contributed by atoms with Gasteiger partial charge in [-0.3, -0.25) is 20.4 Å². The zero-order valence-corrected chi connectivity index (χ0v) is 16.9. The van der Waals surface area contributed by atoms with Crippen LogP contribution in [0.25, 0.3) is 11.1 Å². The highest BCUT2D eigenvalue weighted by Crippen LogP contribution is 2.29. The van der Waals surface area contributed by atoms with E-state index < -0.39 is 23.9 Å². The highest BCUT2D eigenvalue weighted by Gasteiger charge is 2.19. The Kier molecular flexibility index (Phi) is 7.37. The molecule has 0 unspecified atom stereocenters. The minimum atomic E-state index is -1.11. The van der Waals surface area contributed by atoms with Crippen molar-refractivity contribution in [2.75, 3.05) is 6.61 Å². The molecular weight excluding hydrogens is 396 g/mol. The lowest BCUT2D eigenvalue weighted by Gasteiger charge is -2.15.